The Morgan fingerprint density at radius 1 is 1.15 bits per heavy atom. The lowest BCUT2D eigenvalue weighted by Gasteiger charge is -2.26. The highest BCUT2D eigenvalue weighted by Gasteiger charge is 2.19. The number of hydrogen-bond donors (Lipinski definition) is 1. The van der Waals surface area contributed by atoms with Crippen molar-refractivity contribution in [3.8, 4) is 5.75 Å². The highest BCUT2D eigenvalue weighted by Crippen LogP contribution is 2.29. The molecule has 1 aliphatic rings. The second-order valence-electron chi connectivity index (χ2n) is 5.15. The highest BCUT2D eigenvalue weighted by molar-refractivity contribution is 6.30. The topological polar surface area (TPSA) is 21.3 Å². The number of ether oxygens (including phenoxy) is 1. The van der Waals surface area contributed by atoms with E-state index in [1.165, 1.54) is 11.1 Å². The molecule has 1 heterocycles. The average molecular weight is 288 g/mol. The van der Waals surface area contributed by atoms with Crippen molar-refractivity contribution in [1.29, 1.82) is 0 Å². The minimum absolute atomic E-state index is 0.243. The molecule has 2 aromatic rings. The number of nitrogens with one attached hydrogen (secondary N) is 1. The summed E-state index contributed by atoms with van der Waals surface area (Å²) in [6, 6.07) is 16.3. The summed E-state index contributed by atoms with van der Waals surface area (Å²) in [7, 11) is 0. The molecule has 1 atom stereocenters. The Hall–Kier alpha value is -1.51. The maximum absolute atomic E-state index is 6.00. The predicted octanol–water partition coefficient (Wildman–Crippen LogP) is 3.82. The van der Waals surface area contributed by atoms with Gasteiger partial charge in [-0.3, -0.25) is 0 Å². The zero-order valence-electron chi connectivity index (χ0n) is 11.3. The minimum atomic E-state index is 0.243. The summed E-state index contributed by atoms with van der Waals surface area (Å²) in [6.45, 7) is 1.76. The molecule has 2 nitrogen and oxygen atoms in total. The highest BCUT2D eigenvalue weighted by atomic mass is 35.5. The van der Waals surface area contributed by atoms with Crippen LogP contribution in [0.25, 0.3) is 0 Å². The van der Waals surface area contributed by atoms with Gasteiger partial charge < -0.3 is 10.1 Å². The van der Waals surface area contributed by atoms with Gasteiger partial charge in [0.15, 0.2) is 0 Å². The molecule has 2 aromatic carbocycles. The van der Waals surface area contributed by atoms with E-state index >= 15 is 0 Å². The summed E-state index contributed by atoms with van der Waals surface area (Å²) in [5.74, 6) is 0.979. The summed E-state index contributed by atoms with van der Waals surface area (Å²) < 4.78 is 6.00. The molecule has 1 N–H and O–H groups in total. The van der Waals surface area contributed by atoms with Crippen molar-refractivity contribution < 1.29 is 4.74 Å². The third-order valence-corrected chi connectivity index (χ3v) is 3.83. The molecule has 1 unspecified atom stereocenters. The molecule has 0 spiro atoms. The average Bonchev–Trinajstić information content (AvgIpc) is 2.48. The fourth-order valence-electron chi connectivity index (χ4n) is 2.53. The number of halogens is 1. The van der Waals surface area contributed by atoms with Gasteiger partial charge in [0.05, 0.1) is 0 Å². The fraction of sp³-hybridized carbons (Fsp3) is 0.294. The Labute approximate surface area is 124 Å². The smallest absolute Gasteiger partial charge is 0.123 e. The molecule has 0 amide bonds. The SMILES string of the molecule is Clc1ccc2c(c1)CCC(CNCc1ccccc1)O2. The Bertz CT molecular complexity index is 570. The van der Waals surface area contributed by atoms with Gasteiger partial charge in [-0.15, -0.1) is 0 Å². The molecule has 0 saturated heterocycles. The first-order valence-electron chi connectivity index (χ1n) is 7.01. The van der Waals surface area contributed by atoms with Crippen LogP contribution >= 0.6 is 11.6 Å². The van der Waals surface area contributed by atoms with E-state index in [-0.39, 0.29) is 6.10 Å². The quantitative estimate of drug-likeness (QED) is 0.923. The van der Waals surface area contributed by atoms with E-state index in [0.717, 1.165) is 36.7 Å². The van der Waals surface area contributed by atoms with E-state index in [4.69, 9.17) is 16.3 Å². The molecule has 0 aromatic heterocycles. The first kappa shape index (κ1) is 13.5. The first-order valence-corrected chi connectivity index (χ1v) is 7.39. The van der Waals surface area contributed by atoms with Crippen LogP contribution in [-0.2, 0) is 13.0 Å². The Balaban J connectivity index is 1.52. The van der Waals surface area contributed by atoms with Crippen LogP contribution < -0.4 is 10.1 Å². The molecule has 0 bridgehead atoms. The molecule has 3 heteroatoms. The van der Waals surface area contributed by atoms with Gasteiger partial charge in [0.2, 0.25) is 0 Å². The Morgan fingerprint density at radius 3 is 2.85 bits per heavy atom. The molecule has 0 saturated carbocycles. The lowest BCUT2D eigenvalue weighted by Crippen LogP contribution is -2.33. The van der Waals surface area contributed by atoms with Crippen LogP contribution in [0, 0.1) is 0 Å². The lowest BCUT2D eigenvalue weighted by molar-refractivity contribution is 0.170. The predicted molar refractivity (Wildman–Crippen MR) is 82.3 cm³/mol. The number of aryl methyl sites for hydroxylation is 1. The standard InChI is InChI=1S/C17H18ClNO/c18-15-7-9-17-14(10-15)6-8-16(20-17)12-19-11-13-4-2-1-3-5-13/h1-5,7,9-10,16,19H,6,8,11-12H2. The number of fused-ring (bicyclic) bond motifs is 1. The molecule has 20 heavy (non-hydrogen) atoms. The van der Waals surface area contributed by atoms with Gasteiger partial charge in [0.25, 0.3) is 0 Å². The van der Waals surface area contributed by atoms with Crippen molar-refractivity contribution >= 4 is 11.6 Å². The van der Waals surface area contributed by atoms with E-state index in [1.807, 2.05) is 24.3 Å². The molecular weight excluding hydrogens is 270 g/mol. The van der Waals surface area contributed by atoms with E-state index in [2.05, 4.69) is 29.6 Å². The van der Waals surface area contributed by atoms with Crippen LogP contribution in [0.1, 0.15) is 17.5 Å². The summed E-state index contributed by atoms with van der Waals surface area (Å²) in [5.41, 5.74) is 2.52. The lowest BCUT2D eigenvalue weighted by atomic mass is 10.0. The van der Waals surface area contributed by atoms with Crippen molar-refractivity contribution in [2.24, 2.45) is 0 Å². The number of rotatable bonds is 4. The van der Waals surface area contributed by atoms with Crippen molar-refractivity contribution in [1.82, 2.24) is 5.32 Å². The zero-order chi connectivity index (χ0) is 13.8. The first-order chi connectivity index (χ1) is 9.81. The monoisotopic (exact) mass is 287 g/mol. The van der Waals surface area contributed by atoms with Crippen molar-refractivity contribution in [3.05, 3.63) is 64.7 Å². The van der Waals surface area contributed by atoms with Crippen molar-refractivity contribution in [2.45, 2.75) is 25.5 Å². The third kappa shape index (κ3) is 3.33. The van der Waals surface area contributed by atoms with Crippen LogP contribution in [-0.4, -0.2) is 12.6 Å². The molecule has 0 radical (unpaired) electrons. The van der Waals surface area contributed by atoms with E-state index in [1.54, 1.807) is 0 Å². The van der Waals surface area contributed by atoms with Gasteiger partial charge in [-0.25, -0.2) is 0 Å². The second kappa shape index (κ2) is 6.29. The van der Waals surface area contributed by atoms with Gasteiger partial charge in [0, 0.05) is 18.1 Å². The summed E-state index contributed by atoms with van der Waals surface area (Å²) in [6.07, 6.45) is 2.32. The van der Waals surface area contributed by atoms with Crippen LogP contribution in [0.3, 0.4) is 0 Å². The van der Waals surface area contributed by atoms with Gasteiger partial charge in [-0.2, -0.15) is 0 Å². The molecule has 104 valence electrons. The fourth-order valence-corrected chi connectivity index (χ4v) is 2.73. The number of benzene rings is 2. The maximum Gasteiger partial charge on any atom is 0.123 e. The van der Waals surface area contributed by atoms with Gasteiger partial charge >= 0.3 is 0 Å². The van der Waals surface area contributed by atoms with Crippen LogP contribution in [0.5, 0.6) is 5.75 Å². The zero-order valence-corrected chi connectivity index (χ0v) is 12.1. The summed E-state index contributed by atoms with van der Waals surface area (Å²) in [5, 5.41) is 4.25. The second-order valence-corrected chi connectivity index (χ2v) is 5.58. The molecule has 1 aliphatic heterocycles. The van der Waals surface area contributed by atoms with Crippen molar-refractivity contribution in [3.63, 3.8) is 0 Å². The minimum Gasteiger partial charge on any atom is -0.489 e. The van der Waals surface area contributed by atoms with Crippen LogP contribution in [0.4, 0.5) is 0 Å². The largest absolute Gasteiger partial charge is 0.489 e. The van der Waals surface area contributed by atoms with Crippen LogP contribution in [0.15, 0.2) is 48.5 Å². The third-order valence-electron chi connectivity index (χ3n) is 3.60. The molecule has 0 aliphatic carbocycles. The maximum atomic E-state index is 6.00. The summed E-state index contributed by atoms with van der Waals surface area (Å²) >= 11 is 6.00. The Kier molecular flexibility index (Phi) is 4.24. The van der Waals surface area contributed by atoms with E-state index < -0.39 is 0 Å². The normalized spacial score (nSPS) is 17.4. The Morgan fingerprint density at radius 2 is 2.00 bits per heavy atom. The summed E-state index contributed by atoms with van der Waals surface area (Å²) in [4.78, 5) is 0. The van der Waals surface area contributed by atoms with E-state index in [9.17, 15) is 0 Å². The van der Waals surface area contributed by atoms with Gasteiger partial charge in [0.1, 0.15) is 11.9 Å². The molecule has 0 fully saturated rings. The van der Waals surface area contributed by atoms with Crippen LogP contribution in [0.2, 0.25) is 5.02 Å². The van der Waals surface area contributed by atoms with Gasteiger partial charge in [-0.05, 0) is 42.2 Å². The van der Waals surface area contributed by atoms with Crippen molar-refractivity contribution in [2.75, 3.05) is 6.54 Å². The number of hydrogen-bond acceptors (Lipinski definition) is 2. The molecular formula is C17H18ClNO. The van der Waals surface area contributed by atoms with Gasteiger partial charge in [-0.1, -0.05) is 41.9 Å². The molecule has 3 rings (SSSR count). The van der Waals surface area contributed by atoms with E-state index in [0.29, 0.717) is 0 Å².